The molecule has 0 aliphatic carbocycles. The summed E-state index contributed by atoms with van der Waals surface area (Å²) in [4.78, 5) is 41.3. The van der Waals surface area contributed by atoms with Gasteiger partial charge in [0.15, 0.2) is 0 Å². The van der Waals surface area contributed by atoms with Gasteiger partial charge in [-0.2, -0.15) is 0 Å². The van der Waals surface area contributed by atoms with E-state index in [1.807, 2.05) is 0 Å². The molecule has 0 heterocycles. The summed E-state index contributed by atoms with van der Waals surface area (Å²) in [6, 6.07) is 13.0. The summed E-state index contributed by atoms with van der Waals surface area (Å²) in [5.41, 5.74) is 0.380. The van der Waals surface area contributed by atoms with Crippen LogP contribution in [0.4, 0.5) is 0 Å². The summed E-state index contributed by atoms with van der Waals surface area (Å²) < 4.78 is 15.3. The highest BCUT2D eigenvalue weighted by molar-refractivity contribution is 7.99. The Morgan fingerprint density at radius 3 is 2.33 bits per heavy atom. The van der Waals surface area contributed by atoms with Crippen molar-refractivity contribution in [3.05, 3.63) is 59.7 Å². The molecule has 160 valence electrons. The lowest BCUT2D eigenvalue weighted by Gasteiger charge is -2.15. The Morgan fingerprint density at radius 2 is 1.67 bits per heavy atom. The van der Waals surface area contributed by atoms with E-state index < -0.39 is 24.2 Å². The predicted molar refractivity (Wildman–Crippen MR) is 110 cm³/mol. The zero-order chi connectivity index (χ0) is 21.9. The van der Waals surface area contributed by atoms with Gasteiger partial charge in [0.05, 0.1) is 12.2 Å². The van der Waals surface area contributed by atoms with Crippen LogP contribution in [0.1, 0.15) is 41.0 Å². The lowest BCUT2D eigenvalue weighted by molar-refractivity contribution is -0.131. The Balaban J connectivity index is 1.90. The van der Waals surface area contributed by atoms with E-state index in [1.165, 1.54) is 26.0 Å². The normalized spacial score (nSPS) is 11.4. The minimum Gasteiger partial charge on any atom is -0.426 e. The molecule has 0 aliphatic rings. The van der Waals surface area contributed by atoms with Crippen molar-refractivity contribution in [1.29, 1.82) is 0 Å². The van der Waals surface area contributed by atoms with Gasteiger partial charge < -0.3 is 19.0 Å². The molecule has 0 aliphatic heterocycles. The average Bonchev–Trinajstić information content (AvgIpc) is 2.71. The SMILES string of the molecule is CC(=O)Oc1ccccc1C(=O)OC(C)OC(=O)c1ccc(SCCCON)cc1. The number of benzene rings is 2. The first kappa shape index (κ1) is 23.4. The third-order valence-electron chi connectivity index (χ3n) is 3.67. The van der Waals surface area contributed by atoms with Gasteiger partial charge in [-0.15, -0.1) is 11.8 Å². The van der Waals surface area contributed by atoms with Gasteiger partial charge in [0.2, 0.25) is 6.29 Å². The molecule has 1 atom stereocenters. The number of hydrogen-bond donors (Lipinski definition) is 1. The monoisotopic (exact) mass is 433 g/mol. The van der Waals surface area contributed by atoms with Crippen LogP contribution < -0.4 is 10.6 Å². The van der Waals surface area contributed by atoms with Crippen LogP contribution in [0.5, 0.6) is 5.75 Å². The number of rotatable bonds is 10. The first-order valence-corrected chi connectivity index (χ1v) is 10.1. The van der Waals surface area contributed by atoms with Gasteiger partial charge in [0.1, 0.15) is 11.3 Å². The predicted octanol–water partition coefficient (Wildman–Crippen LogP) is 3.34. The van der Waals surface area contributed by atoms with Crippen LogP contribution in [-0.2, 0) is 19.1 Å². The second kappa shape index (κ2) is 12.0. The van der Waals surface area contributed by atoms with Crippen LogP contribution in [-0.4, -0.2) is 36.6 Å². The molecule has 2 N–H and O–H groups in total. The van der Waals surface area contributed by atoms with E-state index in [1.54, 1.807) is 48.2 Å². The number of nitrogens with two attached hydrogens (primary N) is 1. The molecule has 0 saturated heterocycles. The van der Waals surface area contributed by atoms with Crippen LogP contribution in [0.15, 0.2) is 53.4 Å². The standard InChI is InChI=1S/C21H23NO7S/c1-14(23)27-19-7-4-3-6-18(19)21(25)29-15(2)28-20(24)16-8-10-17(11-9-16)30-13-5-12-26-22/h3-4,6-11,15H,5,12-13,22H2,1-2H3. The van der Waals surface area contributed by atoms with Crippen LogP contribution in [0, 0.1) is 0 Å². The maximum absolute atomic E-state index is 12.3. The molecule has 1 unspecified atom stereocenters. The number of carbonyl (C=O) groups is 3. The summed E-state index contributed by atoms with van der Waals surface area (Å²) in [6.07, 6.45) is -0.324. The number of para-hydroxylation sites is 1. The second-order valence-corrected chi connectivity index (χ2v) is 7.23. The van der Waals surface area contributed by atoms with E-state index in [2.05, 4.69) is 4.84 Å². The van der Waals surface area contributed by atoms with Gasteiger partial charge in [-0.1, -0.05) is 12.1 Å². The van der Waals surface area contributed by atoms with Gasteiger partial charge in [0, 0.05) is 24.5 Å². The molecule has 0 saturated carbocycles. The Bertz CT molecular complexity index is 870. The fraction of sp³-hybridized carbons (Fsp3) is 0.286. The van der Waals surface area contributed by atoms with Crippen molar-refractivity contribution in [2.45, 2.75) is 31.5 Å². The van der Waals surface area contributed by atoms with Gasteiger partial charge in [-0.25, -0.2) is 15.5 Å². The highest BCUT2D eigenvalue weighted by atomic mass is 32.2. The zero-order valence-electron chi connectivity index (χ0n) is 16.7. The summed E-state index contributed by atoms with van der Waals surface area (Å²) in [5, 5.41) is 0. The molecule has 2 aromatic carbocycles. The maximum Gasteiger partial charge on any atom is 0.345 e. The fourth-order valence-corrected chi connectivity index (χ4v) is 3.18. The molecule has 30 heavy (non-hydrogen) atoms. The van der Waals surface area contributed by atoms with Crippen molar-refractivity contribution in [2.24, 2.45) is 5.90 Å². The summed E-state index contributed by atoms with van der Waals surface area (Å²) >= 11 is 1.61. The third kappa shape index (κ3) is 7.51. The maximum atomic E-state index is 12.3. The molecule has 2 aromatic rings. The lowest BCUT2D eigenvalue weighted by atomic mass is 10.2. The second-order valence-electron chi connectivity index (χ2n) is 6.07. The Kier molecular flexibility index (Phi) is 9.33. The van der Waals surface area contributed by atoms with Gasteiger partial charge in [0.25, 0.3) is 0 Å². The Hall–Kier alpha value is -2.88. The molecule has 0 spiro atoms. The Morgan fingerprint density at radius 1 is 1.00 bits per heavy atom. The fourth-order valence-electron chi connectivity index (χ4n) is 2.36. The van der Waals surface area contributed by atoms with Crippen LogP contribution >= 0.6 is 11.8 Å². The molecular formula is C21H23NO7S. The van der Waals surface area contributed by atoms with Crippen molar-refractivity contribution in [1.82, 2.24) is 0 Å². The van der Waals surface area contributed by atoms with Gasteiger partial charge in [-0.3, -0.25) is 4.79 Å². The number of ether oxygens (including phenoxy) is 3. The molecular weight excluding hydrogens is 410 g/mol. The first-order valence-electron chi connectivity index (χ1n) is 9.14. The van der Waals surface area contributed by atoms with E-state index in [0.717, 1.165) is 17.1 Å². The number of thioether (sulfide) groups is 1. The van der Waals surface area contributed by atoms with Crippen molar-refractivity contribution in [3.8, 4) is 5.75 Å². The van der Waals surface area contributed by atoms with Crippen LogP contribution in [0.3, 0.4) is 0 Å². The van der Waals surface area contributed by atoms with Crippen molar-refractivity contribution >= 4 is 29.7 Å². The number of esters is 3. The van der Waals surface area contributed by atoms with Crippen molar-refractivity contribution in [3.63, 3.8) is 0 Å². The van der Waals surface area contributed by atoms with Crippen molar-refractivity contribution in [2.75, 3.05) is 12.4 Å². The van der Waals surface area contributed by atoms with Crippen LogP contribution in [0.2, 0.25) is 0 Å². The quantitative estimate of drug-likeness (QED) is 0.150. The molecule has 0 fully saturated rings. The van der Waals surface area contributed by atoms with E-state index in [0.29, 0.717) is 12.2 Å². The Labute approximate surface area is 178 Å². The largest absolute Gasteiger partial charge is 0.426 e. The minimum atomic E-state index is -1.14. The van der Waals surface area contributed by atoms with Crippen LogP contribution in [0.25, 0.3) is 0 Å². The zero-order valence-corrected chi connectivity index (χ0v) is 17.5. The minimum absolute atomic E-state index is 0.0528. The summed E-state index contributed by atoms with van der Waals surface area (Å²) in [5.74, 6) is 3.91. The highest BCUT2D eigenvalue weighted by Gasteiger charge is 2.20. The van der Waals surface area contributed by atoms with Gasteiger partial charge in [-0.05, 0) is 42.8 Å². The third-order valence-corrected chi connectivity index (χ3v) is 4.77. The van der Waals surface area contributed by atoms with E-state index in [9.17, 15) is 14.4 Å². The first-order chi connectivity index (χ1) is 14.4. The smallest absolute Gasteiger partial charge is 0.345 e. The molecule has 0 aromatic heterocycles. The van der Waals surface area contributed by atoms with Crippen molar-refractivity contribution < 1.29 is 33.4 Å². The number of carbonyl (C=O) groups excluding carboxylic acids is 3. The topological polar surface area (TPSA) is 114 Å². The van der Waals surface area contributed by atoms with E-state index >= 15 is 0 Å². The molecule has 8 nitrogen and oxygen atoms in total. The highest BCUT2D eigenvalue weighted by Crippen LogP contribution is 2.21. The molecule has 0 bridgehead atoms. The number of hydrogen-bond acceptors (Lipinski definition) is 9. The molecule has 0 radical (unpaired) electrons. The average molecular weight is 433 g/mol. The molecule has 0 amide bonds. The van der Waals surface area contributed by atoms with E-state index in [4.69, 9.17) is 20.1 Å². The molecule has 9 heteroatoms. The lowest BCUT2D eigenvalue weighted by Crippen LogP contribution is -2.22. The van der Waals surface area contributed by atoms with E-state index in [-0.39, 0.29) is 11.3 Å². The van der Waals surface area contributed by atoms with Gasteiger partial charge >= 0.3 is 17.9 Å². The molecule has 2 rings (SSSR count). The summed E-state index contributed by atoms with van der Waals surface area (Å²) in [6.45, 7) is 3.14. The summed E-state index contributed by atoms with van der Waals surface area (Å²) in [7, 11) is 0.